The molecule has 1 heterocycles. The van der Waals surface area contributed by atoms with Crippen LogP contribution < -0.4 is 0 Å². The third-order valence-electron chi connectivity index (χ3n) is 17.9. The first-order valence-corrected chi connectivity index (χ1v) is 36.1. The number of aliphatic hydroxyl groups is 5. The molecule has 0 aliphatic carbocycles. The van der Waals surface area contributed by atoms with Crippen molar-refractivity contribution in [2.24, 2.45) is 0 Å². The van der Waals surface area contributed by atoms with Crippen LogP contribution in [0.4, 0.5) is 0 Å². The molecule has 0 bridgehead atoms. The highest BCUT2D eigenvalue weighted by Crippen LogP contribution is 2.18. The molecule has 5 atom stereocenters. The van der Waals surface area contributed by atoms with Crippen molar-refractivity contribution < 1.29 is 25.5 Å². The van der Waals surface area contributed by atoms with E-state index in [0.29, 0.717) is 13.1 Å². The molecule has 2 unspecified atom stereocenters. The molecule has 1 rings (SSSR count). The minimum atomic E-state index is -0.327. The summed E-state index contributed by atoms with van der Waals surface area (Å²) in [5.41, 5.74) is 0. The van der Waals surface area contributed by atoms with Crippen LogP contribution in [0, 0.1) is 0 Å². The average Bonchev–Trinajstić information content (AvgIpc) is 3.43. The first-order valence-electron chi connectivity index (χ1n) is 36.1. The molecule has 10 nitrogen and oxygen atoms in total. The molecule has 1 aliphatic heterocycles. The lowest BCUT2D eigenvalue weighted by atomic mass is 10.0. The minimum absolute atomic E-state index is 0.163. The van der Waals surface area contributed by atoms with Crippen LogP contribution in [0.15, 0.2) is 0 Å². The van der Waals surface area contributed by atoms with Gasteiger partial charge in [-0.2, -0.15) is 0 Å². The SMILES string of the molecule is CCCCCCCCCC[C@H](O)CN(CCN(CCCCCCCCCCC(C)O)CCCCCCCCCCC(C)O)CCN1CCN(CCN(C[C@@H](O)CCCCCCCCCC)C[C@@H](O)CCCCCCCCCC)CC1. The molecule has 0 aromatic carbocycles. The second-order valence-corrected chi connectivity index (χ2v) is 26.3. The quantitative estimate of drug-likeness (QED) is 0.0377. The highest BCUT2D eigenvalue weighted by molar-refractivity contribution is 4.78. The standard InChI is InChI=1S/C70H145N5O5/c1-6-9-12-15-18-27-34-41-48-68(78)63-74(60-57-71(51-44-37-30-23-21-25-32-39-46-66(4)76)52-45-38-31-24-22-26-33-40-47-67(5)77)61-58-72-53-55-73(56-54-72)59-62-75(64-69(79)49-42-35-28-19-16-13-10-7-2)65-70(80)50-43-36-29-20-17-14-11-8-3/h66-70,76-80H,6-65H2,1-5H3/t66?,67?,68-,69-,70-/m0/s1. The van der Waals surface area contributed by atoms with Crippen LogP contribution in [-0.4, -0.2) is 179 Å². The van der Waals surface area contributed by atoms with Gasteiger partial charge in [0.05, 0.1) is 30.5 Å². The van der Waals surface area contributed by atoms with Crippen molar-refractivity contribution in [1.82, 2.24) is 24.5 Å². The van der Waals surface area contributed by atoms with Crippen LogP contribution in [0.25, 0.3) is 0 Å². The second kappa shape index (κ2) is 59.0. The summed E-state index contributed by atoms with van der Waals surface area (Å²) in [5.74, 6) is 0. The molecule has 0 amide bonds. The maximum absolute atomic E-state index is 11.5. The lowest BCUT2D eigenvalue weighted by Gasteiger charge is -2.37. The predicted molar refractivity (Wildman–Crippen MR) is 348 cm³/mol. The summed E-state index contributed by atoms with van der Waals surface area (Å²) in [4.78, 5) is 13.1. The summed E-state index contributed by atoms with van der Waals surface area (Å²) in [6, 6.07) is 0. The Labute approximate surface area is 500 Å². The van der Waals surface area contributed by atoms with Gasteiger partial charge in [0.1, 0.15) is 0 Å². The van der Waals surface area contributed by atoms with Gasteiger partial charge in [-0.25, -0.2) is 0 Å². The fourth-order valence-corrected chi connectivity index (χ4v) is 12.4. The third-order valence-corrected chi connectivity index (χ3v) is 17.9. The second-order valence-electron chi connectivity index (χ2n) is 26.3. The summed E-state index contributed by atoms with van der Waals surface area (Å²) >= 11 is 0. The number of hydrogen-bond acceptors (Lipinski definition) is 10. The maximum atomic E-state index is 11.5. The largest absolute Gasteiger partial charge is 0.393 e. The zero-order chi connectivity index (χ0) is 58.2. The number of rotatable bonds is 64. The Morgan fingerprint density at radius 1 is 0.263 bits per heavy atom. The van der Waals surface area contributed by atoms with Gasteiger partial charge in [0, 0.05) is 85.1 Å². The molecule has 0 saturated carbocycles. The highest BCUT2D eigenvalue weighted by atomic mass is 16.3. The smallest absolute Gasteiger partial charge is 0.0667 e. The Hall–Kier alpha value is -0.400. The summed E-state index contributed by atoms with van der Waals surface area (Å²) in [7, 11) is 0. The van der Waals surface area contributed by atoms with Crippen molar-refractivity contribution in [3.8, 4) is 0 Å². The van der Waals surface area contributed by atoms with Gasteiger partial charge in [0.2, 0.25) is 0 Å². The topological polar surface area (TPSA) is 117 Å². The molecule has 0 aromatic rings. The van der Waals surface area contributed by atoms with E-state index in [1.807, 2.05) is 13.8 Å². The third kappa shape index (κ3) is 53.1. The van der Waals surface area contributed by atoms with Crippen molar-refractivity contribution in [1.29, 1.82) is 0 Å². The number of piperazine rings is 1. The predicted octanol–water partition coefficient (Wildman–Crippen LogP) is 16.0. The fraction of sp³-hybridized carbons (Fsp3) is 1.00. The highest BCUT2D eigenvalue weighted by Gasteiger charge is 2.22. The summed E-state index contributed by atoms with van der Waals surface area (Å²) in [5, 5.41) is 53.3. The average molecular weight is 1140 g/mol. The Bertz CT molecular complexity index is 1150. The first-order chi connectivity index (χ1) is 39.1. The van der Waals surface area contributed by atoms with E-state index in [0.717, 1.165) is 136 Å². The Balaban J connectivity index is 2.86. The van der Waals surface area contributed by atoms with Gasteiger partial charge in [0.15, 0.2) is 0 Å². The minimum Gasteiger partial charge on any atom is -0.393 e. The van der Waals surface area contributed by atoms with Gasteiger partial charge in [-0.15, -0.1) is 0 Å². The number of aliphatic hydroxyl groups excluding tert-OH is 5. The van der Waals surface area contributed by atoms with Gasteiger partial charge in [-0.3, -0.25) is 19.6 Å². The summed E-state index contributed by atoms with van der Waals surface area (Å²) < 4.78 is 0. The molecule has 480 valence electrons. The monoisotopic (exact) mass is 1140 g/mol. The van der Waals surface area contributed by atoms with Gasteiger partial charge < -0.3 is 30.4 Å². The summed E-state index contributed by atoms with van der Waals surface area (Å²) in [6.45, 7) is 25.5. The van der Waals surface area contributed by atoms with Crippen LogP contribution >= 0.6 is 0 Å². The lowest BCUT2D eigenvalue weighted by molar-refractivity contribution is 0.0475. The van der Waals surface area contributed by atoms with Crippen LogP contribution in [-0.2, 0) is 0 Å². The van der Waals surface area contributed by atoms with Crippen molar-refractivity contribution in [2.75, 3.05) is 98.2 Å². The van der Waals surface area contributed by atoms with E-state index < -0.39 is 0 Å². The molecule has 0 aromatic heterocycles. The van der Waals surface area contributed by atoms with E-state index in [9.17, 15) is 25.5 Å². The molecule has 1 fully saturated rings. The van der Waals surface area contributed by atoms with Gasteiger partial charge >= 0.3 is 0 Å². The number of nitrogens with zero attached hydrogens (tertiary/aromatic N) is 5. The van der Waals surface area contributed by atoms with E-state index in [1.165, 1.54) is 238 Å². The van der Waals surface area contributed by atoms with Crippen LogP contribution in [0.1, 0.15) is 324 Å². The molecular weight excluding hydrogens is 991 g/mol. The Morgan fingerprint density at radius 3 is 0.800 bits per heavy atom. The van der Waals surface area contributed by atoms with E-state index in [1.54, 1.807) is 0 Å². The van der Waals surface area contributed by atoms with Crippen molar-refractivity contribution in [3.05, 3.63) is 0 Å². The van der Waals surface area contributed by atoms with Gasteiger partial charge in [-0.05, 0) is 71.9 Å². The van der Waals surface area contributed by atoms with Gasteiger partial charge in [0.25, 0.3) is 0 Å². The fourth-order valence-electron chi connectivity index (χ4n) is 12.4. The molecule has 10 heteroatoms. The molecule has 1 saturated heterocycles. The molecular formula is C70H145N5O5. The van der Waals surface area contributed by atoms with Crippen LogP contribution in [0.3, 0.4) is 0 Å². The summed E-state index contributed by atoms with van der Waals surface area (Å²) in [6.07, 6.45) is 54.8. The van der Waals surface area contributed by atoms with Crippen molar-refractivity contribution in [2.45, 2.75) is 354 Å². The Morgan fingerprint density at radius 2 is 0.500 bits per heavy atom. The van der Waals surface area contributed by atoms with Crippen molar-refractivity contribution in [3.63, 3.8) is 0 Å². The number of hydrogen-bond donors (Lipinski definition) is 5. The number of unbranched alkanes of at least 4 members (excludes halogenated alkanes) is 35. The zero-order valence-electron chi connectivity index (χ0n) is 54.8. The van der Waals surface area contributed by atoms with E-state index >= 15 is 0 Å². The van der Waals surface area contributed by atoms with E-state index in [-0.39, 0.29) is 30.5 Å². The normalized spacial score (nSPS) is 15.7. The Kier molecular flexibility index (Phi) is 57.2. The first kappa shape index (κ1) is 77.6. The molecule has 1 aliphatic rings. The van der Waals surface area contributed by atoms with Crippen LogP contribution in [0.5, 0.6) is 0 Å². The van der Waals surface area contributed by atoms with Gasteiger partial charge in [-0.1, -0.05) is 265 Å². The molecule has 0 spiro atoms. The maximum Gasteiger partial charge on any atom is 0.0667 e. The van der Waals surface area contributed by atoms with Crippen LogP contribution in [0.2, 0.25) is 0 Å². The zero-order valence-corrected chi connectivity index (χ0v) is 54.8. The molecule has 0 radical (unpaired) electrons. The van der Waals surface area contributed by atoms with E-state index in [4.69, 9.17) is 0 Å². The molecule has 5 N–H and O–H groups in total. The lowest BCUT2D eigenvalue weighted by Crippen LogP contribution is -2.51. The molecule has 80 heavy (non-hydrogen) atoms. The van der Waals surface area contributed by atoms with E-state index in [2.05, 4.69) is 45.3 Å². The van der Waals surface area contributed by atoms with Crippen molar-refractivity contribution >= 4 is 0 Å².